The maximum absolute atomic E-state index is 12.3. The lowest BCUT2D eigenvalue weighted by molar-refractivity contribution is -0.119. The molecule has 2 amide bonds. The molecule has 7 nitrogen and oxygen atoms in total. The van der Waals surface area contributed by atoms with E-state index in [-0.39, 0.29) is 11.8 Å². The lowest BCUT2D eigenvalue weighted by Gasteiger charge is -2.24. The second-order valence-corrected chi connectivity index (χ2v) is 7.55. The Hall–Kier alpha value is -3.35. The van der Waals surface area contributed by atoms with E-state index in [1.165, 1.54) is 0 Å². The van der Waals surface area contributed by atoms with Crippen molar-refractivity contribution in [3.05, 3.63) is 54.1 Å². The number of ether oxygens (including phenoxy) is 1. The van der Waals surface area contributed by atoms with Crippen LogP contribution >= 0.6 is 0 Å². The molecule has 0 radical (unpaired) electrons. The van der Waals surface area contributed by atoms with E-state index in [1.807, 2.05) is 60.5 Å². The fourth-order valence-electron chi connectivity index (χ4n) is 3.67. The first-order valence-electron chi connectivity index (χ1n) is 10.3. The molecule has 7 heteroatoms. The van der Waals surface area contributed by atoms with Crippen LogP contribution in [0, 0.1) is 0 Å². The van der Waals surface area contributed by atoms with Crippen LogP contribution in [0.3, 0.4) is 0 Å². The van der Waals surface area contributed by atoms with Gasteiger partial charge >= 0.3 is 0 Å². The molecule has 0 aromatic heterocycles. The number of hydrogen-bond donors (Lipinski definition) is 1. The molecule has 0 bridgehead atoms. The van der Waals surface area contributed by atoms with Gasteiger partial charge in [-0.25, -0.2) is 4.99 Å². The summed E-state index contributed by atoms with van der Waals surface area (Å²) in [5, 5.41) is 2.78. The normalized spacial score (nSPS) is 14.5. The molecule has 2 aliphatic rings. The highest BCUT2D eigenvalue weighted by atomic mass is 16.5. The number of fused-ring (bicyclic) bond motifs is 2. The van der Waals surface area contributed by atoms with E-state index in [0.29, 0.717) is 32.1 Å². The third kappa shape index (κ3) is 4.45. The van der Waals surface area contributed by atoms with Gasteiger partial charge in [-0.2, -0.15) is 0 Å². The number of benzene rings is 2. The molecule has 156 valence electrons. The lowest BCUT2D eigenvalue weighted by Crippen LogP contribution is -2.32. The first-order chi connectivity index (χ1) is 14.6. The Kier molecular flexibility index (Phi) is 5.97. The predicted octanol–water partition coefficient (Wildman–Crippen LogP) is 3.22. The Bertz CT molecular complexity index is 958. The average molecular weight is 406 g/mol. The molecule has 30 heavy (non-hydrogen) atoms. The molecular formula is C23H26N4O3. The monoisotopic (exact) mass is 406 g/mol. The minimum Gasteiger partial charge on any atom is -0.491 e. The zero-order valence-corrected chi connectivity index (χ0v) is 17.1. The maximum Gasteiger partial charge on any atom is 0.246 e. The summed E-state index contributed by atoms with van der Waals surface area (Å²) in [7, 11) is 1.81. The summed E-state index contributed by atoms with van der Waals surface area (Å²) in [5.41, 5.74) is 2.77. The van der Waals surface area contributed by atoms with Crippen LogP contribution in [-0.4, -0.2) is 42.9 Å². The van der Waals surface area contributed by atoms with Gasteiger partial charge in [0.15, 0.2) is 0 Å². The molecule has 2 aromatic carbocycles. The zero-order valence-electron chi connectivity index (χ0n) is 17.1. The van der Waals surface area contributed by atoms with E-state index in [0.717, 1.165) is 42.0 Å². The molecule has 0 spiro atoms. The third-order valence-electron chi connectivity index (χ3n) is 5.36. The van der Waals surface area contributed by atoms with Gasteiger partial charge in [0, 0.05) is 31.3 Å². The first-order valence-corrected chi connectivity index (χ1v) is 10.3. The zero-order chi connectivity index (χ0) is 20.9. The Balaban J connectivity index is 1.22. The molecule has 0 saturated carbocycles. The Labute approximate surface area is 176 Å². The van der Waals surface area contributed by atoms with Gasteiger partial charge in [0.05, 0.1) is 6.61 Å². The van der Waals surface area contributed by atoms with Crippen molar-refractivity contribution in [2.45, 2.75) is 32.2 Å². The number of nitrogens with zero attached hydrogens (tertiary/aromatic N) is 3. The summed E-state index contributed by atoms with van der Waals surface area (Å²) < 4.78 is 5.97. The van der Waals surface area contributed by atoms with Gasteiger partial charge in [-0.1, -0.05) is 30.3 Å². The maximum atomic E-state index is 12.3. The van der Waals surface area contributed by atoms with Crippen molar-refractivity contribution in [2.24, 2.45) is 4.99 Å². The number of aliphatic imine (C=N–C) groups is 1. The summed E-state index contributed by atoms with van der Waals surface area (Å²) in [6, 6.07) is 15.6. The van der Waals surface area contributed by atoms with Gasteiger partial charge in [0.25, 0.3) is 0 Å². The molecule has 2 aliphatic heterocycles. The van der Waals surface area contributed by atoms with Crippen LogP contribution in [0.15, 0.2) is 53.5 Å². The van der Waals surface area contributed by atoms with Gasteiger partial charge in [-0.15, -0.1) is 0 Å². The Morgan fingerprint density at radius 2 is 1.93 bits per heavy atom. The number of unbranched alkanes of at least 4 members (excludes halogenated alkanes) is 2. The van der Waals surface area contributed by atoms with E-state index in [4.69, 9.17) is 4.74 Å². The van der Waals surface area contributed by atoms with Crippen molar-refractivity contribution in [3.8, 4) is 5.75 Å². The van der Waals surface area contributed by atoms with Crippen molar-refractivity contribution in [3.63, 3.8) is 0 Å². The Morgan fingerprint density at radius 3 is 2.77 bits per heavy atom. The number of carbonyl (C=O) groups excluding carboxylic acids is 2. The van der Waals surface area contributed by atoms with Crippen LogP contribution in [0.2, 0.25) is 0 Å². The molecule has 1 fully saturated rings. The highest BCUT2D eigenvalue weighted by Gasteiger charge is 2.30. The number of guanidine groups is 1. The van der Waals surface area contributed by atoms with Crippen LogP contribution in [0.4, 0.5) is 11.4 Å². The molecule has 2 aromatic rings. The largest absolute Gasteiger partial charge is 0.491 e. The fourth-order valence-corrected chi connectivity index (χ4v) is 3.67. The van der Waals surface area contributed by atoms with Gasteiger partial charge in [-0.3, -0.25) is 14.9 Å². The van der Waals surface area contributed by atoms with Crippen LogP contribution in [0.25, 0.3) is 0 Å². The molecule has 0 atom stereocenters. The summed E-state index contributed by atoms with van der Waals surface area (Å²) in [5.74, 6) is 1.43. The van der Waals surface area contributed by atoms with Crippen LogP contribution in [0.1, 0.15) is 31.2 Å². The second kappa shape index (κ2) is 8.98. The van der Waals surface area contributed by atoms with E-state index in [2.05, 4.69) is 10.3 Å². The molecule has 1 saturated heterocycles. The first kappa shape index (κ1) is 19.9. The van der Waals surface area contributed by atoms with E-state index in [1.54, 1.807) is 4.90 Å². The standard InChI is InChI=1S/C23H26N4O3/c1-26(18-10-4-2-5-11-18)21(29)13-6-3-7-14-30-19-12-8-9-17-15-27-16-20(28)24-23(27)25-22(17)19/h2,4-5,8-12H,3,6-7,13-16H2,1H3,(H,24,25,28). The smallest absolute Gasteiger partial charge is 0.246 e. The summed E-state index contributed by atoms with van der Waals surface area (Å²) in [4.78, 5) is 32.1. The number of carbonyl (C=O) groups is 2. The van der Waals surface area contributed by atoms with Crippen LogP contribution in [-0.2, 0) is 16.1 Å². The predicted molar refractivity (Wildman–Crippen MR) is 116 cm³/mol. The number of anilines is 1. The van der Waals surface area contributed by atoms with E-state index in [9.17, 15) is 9.59 Å². The van der Waals surface area contributed by atoms with Gasteiger partial charge < -0.3 is 14.5 Å². The lowest BCUT2D eigenvalue weighted by atomic mass is 10.1. The highest BCUT2D eigenvalue weighted by Crippen LogP contribution is 2.36. The van der Waals surface area contributed by atoms with Crippen molar-refractivity contribution in [2.75, 3.05) is 25.1 Å². The molecular weight excluding hydrogens is 380 g/mol. The van der Waals surface area contributed by atoms with Crippen molar-refractivity contribution in [1.82, 2.24) is 10.2 Å². The van der Waals surface area contributed by atoms with Crippen molar-refractivity contribution in [1.29, 1.82) is 0 Å². The van der Waals surface area contributed by atoms with Crippen molar-refractivity contribution >= 4 is 29.1 Å². The molecule has 0 aliphatic carbocycles. The molecule has 4 rings (SSSR count). The number of amides is 2. The van der Waals surface area contributed by atoms with Gasteiger partial charge in [0.2, 0.25) is 17.8 Å². The number of hydrogen-bond acceptors (Lipinski definition) is 5. The summed E-state index contributed by atoms with van der Waals surface area (Å²) in [6.45, 7) is 1.57. The summed E-state index contributed by atoms with van der Waals surface area (Å²) in [6.07, 6.45) is 3.14. The Morgan fingerprint density at radius 1 is 1.10 bits per heavy atom. The van der Waals surface area contributed by atoms with Crippen molar-refractivity contribution < 1.29 is 14.3 Å². The quantitative estimate of drug-likeness (QED) is 0.683. The number of nitrogens with one attached hydrogen (secondary N) is 1. The molecule has 1 N–H and O–H groups in total. The topological polar surface area (TPSA) is 74.2 Å². The van der Waals surface area contributed by atoms with Gasteiger partial charge in [0.1, 0.15) is 18.0 Å². The highest BCUT2D eigenvalue weighted by molar-refractivity contribution is 6.06. The van der Waals surface area contributed by atoms with Crippen LogP contribution < -0.4 is 15.0 Å². The third-order valence-corrected chi connectivity index (χ3v) is 5.36. The number of para-hydroxylation sites is 2. The average Bonchev–Trinajstić information content (AvgIpc) is 3.13. The SMILES string of the molecule is CN(C(=O)CCCCCOc1cccc2c1N=C1NC(=O)CN1C2)c1ccccc1. The minimum absolute atomic E-state index is 0.0310. The fraction of sp³-hybridized carbons (Fsp3) is 0.348. The second-order valence-electron chi connectivity index (χ2n) is 7.55. The van der Waals surface area contributed by atoms with Gasteiger partial charge in [-0.05, 0) is 37.5 Å². The molecule has 0 unspecified atom stereocenters. The van der Waals surface area contributed by atoms with Crippen LogP contribution in [0.5, 0.6) is 5.75 Å². The van der Waals surface area contributed by atoms with E-state index >= 15 is 0 Å². The summed E-state index contributed by atoms with van der Waals surface area (Å²) >= 11 is 0. The number of rotatable bonds is 8. The van der Waals surface area contributed by atoms with E-state index < -0.39 is 0 Å². The molecule has 2 heterocycles. The minimum atomic E-state index is -0.0310.